The van der Waals surface area contributed by atoms with Crippen molar-refractivity contribution in [2.75, 3.05) is 14.1 Å². The Kier molecular flexibility index (Phi) is 8.72. The molecule has 0 amide bonds. The molecule has 2 heteroatoms. The first-order chi connectivity index (χ1) is 9.16. The van der Waals surface area contributed by atoms with Gasteiger partial charge >= 0.3 is 0 Å². The number of rotatable bonds is 9. The van der Waals surface area contributed by atoms with Crippen molar-refractivity contribution in [3.8, 4) is 0 Å². The lowest BCUT2D eigenvalue weighted by atomic mass is 9.79. The molecule has 2 nitrogen and oxygen atoms in total. The van der Waals surface area contributed by atoms with Gasteiger partial charge in [0.1, 0.15) is 0 Å². The average molecular weight is 269 g/mol. The van der Waals surface area contributed by atoms with Gasteiger partial charge in [-0.1, -0.05) is 58.3 Å². The molecule has 0 saturated heterocycles. The summed E-state index contributed by atoms with van der Waals surface area (Å²) in [5, 5.41) is 10.2. The molecule has 3 unspecified atom stereocenters. The summed E-state index contributed by atoms with van der Waals surface area (Å²) < 4.78 is 0. The molecule has 0 aromatic rings. The van der Waals surface area contributed by atoms with Crippen LogP contribution in [0.25, 0.3) is 0 Å². The van der Waals surface area contributed by atoms with Gasteiger partial charge in [0.15, 0.2) is 0 Å². The first kappa shape index (κ1) is 17.0. The maximum Gasteiger partial charge on any atom is 0.0583 e. The summed E-state index contributed by atoms with van der Waals surface area (Å²) in [5.74, 6) is 0.513. The first-order valence-corrected chi connectivity index (χ1v) is 8.51. The molecule has 0 bridgehead atoms. The van der Waals surface area contributed by atoms with Crippen LogP contribution < -0.4 is 0 Å². The van der Waals surface area contributed by atoms with E-state index in [-0.39, 0.29) is 6.10 Å². The smallest absolute Gasteiger partial charge is 0.0583 e. The molecule has 0 aliphatic heterocycles. The number of unbranched alkanes of at least 4 members (excludes halogenated alkanes) is 5. The van der Waals surface area contributed by atoms with Crippen LogP contribution in [-0.4, -0.2) is 36.2 Å². The highest BCUT2D eigenvalue weighted by atomic mass is 16.3. The predicted molar refractivity (Wildman–Crippen MR) is 83.4 cm³/mol. The van der Waals surface area contributed by atoms with Crippen molar-refractivity contribution in [1.82, 2.24) is 4.90 Å². The first-order valence-electron chi connectivity index (χ1n) is 8.51. The van der Waals surface area contributed by atoms with Crippen molar-refractivity contribution in [3.05, 3.63) is 0 Å². The van der Waals surface area contributed by atoms with Gasteiger partial charge < -0.3 is 10.0 Å². The molecule has 0 aromatic heterocycles. The van der Waals surface area contributed by atoms with E-state index in [4.69, 9.17) is 0 Å². The fraction of sp³-hybridized carbons (Fsp3) is 1.00. The van der Waals surface area contributed by atoms with Crippen molar-refractivity contribution < 1.29 is 5.11 Å². The van der Waals surface area contributed by atoms with E-state index < -0.39 is 0 Å². The molecule has 3 atom stereocenters. The zero-order valence-corrected chi connectivity index (χ0v) is 13.4. The molecule has 1 fully saturated rings. The zero-order chi connectivity index (χ0) is 14.1. The maximum atomic E-state index is 10.2. The minimum absolute atomic E-state index is 0.0544. The van der Waals surface area contributed by atoms with Gasteiger partial charge in [0.2, 0.25) is 0 Å². The molecule has 1 saturated carbocycles. The van der Waals surface area contributed by atoms with E-state index in [0.717, 1.165) is 6.42 Å². The number of nitrogens with zero attached hydrogens (tertiary/aromatic N) is 1. The Morgan fingerprint density at radius 3 is 2.26 bits per heavy atom. The number of aliphatic hydroxyl groups is 1. The van der Waals surface area contributed by atoms with Gasteiger partial charge in [-0.15, -0.1) is 0 Å². The maximum absolute atomic E-state index is 10.2. The molecule has 0 spiro atoms. The van der Waals surface area contributed by atoms with Crippen molar-refractivity contribution >= 4 is 0 Å². The minimum Gasteiger partial charge on any atom is -0.393 e. The Labute approximate surface area is 120 Å². The largest absolute Gasteiger partial charge is 0.393 e. The molecule has 1 aliphatic rings. The quantitative estimate of drug-likeness (QED) is 0.634. The average Bonchev–Trinajstić information content (AvgIpc) is 2.39. The third kappa shape index (κ3) is 6.27. The highest BCUT2D eigenvalue weighted by molar-refractivity contribution is 4.84. The van der Waals surface area contributed by atoms with Crippen LogP contribution in [0.2, 0.25) is 0 Å². The van der Waals surface area contributed by atoms with Crippen molar-refractivity contribution in [2.45, 2.75) is 89.7 Å². The van der Waals surface area contributed by atoms with Gasteiger partial charge in [0.05, 0.1) is 6.10 Å². The van der Waals surface area contributed by atoms with E-state index >= 15 is 0 Å². The second kappa shape index (κ2) is 9.77. The Balaban J connectivity index is 2.27. The standard InChI is InChI=1S/C17H35NO/c1-4-5-6-7-8-9-13-16(18(2)3)15-12-10-11-14-17(15)19/h15-17,19H,4-14H2,1-3H3. The van der Waals surface area contributed by atoms with Gasteiger partial charge in [-0.3, -0.25) is 0 Å². The van der Waals surface area contributed by atoms with Crippen LogP contribution in [0.3, 0.4) is 0 Å². The molecule has 0 aromatic carbocycles. The number of aliphatic hydroxyl groups excluding tert-OH is 1. The lowest BCUT2D eigenvalue weighted by molar-refractivity contribution is 0.0194. The van der Waals surface area contributed by atoms with Crippen LogP contribution in [0, 0.1) is 5.92 Å². The van der Waals surface area contributed by atoms with Gasteiger partial charge in [-0.05, 0) is 33.4 Å². The second-order valence-corrected chi connectivity index (χ2v) is 6.60. The van der Waals surface area contributed by atoms with E-state index in [1.807, 2.05) is 0 Å². The summed E-state index contributed by atoms with van der Waals surface area (Å²) in [6.07, 6.45) is 14.2. The fourth-order valence-corrected chi connectivity index (χ4v) is 3.58. The van der Waals surface area contributed by atoms with E-state index in [0.29, 0.717) is 12.0 Å². The van der Waals surface area contributed by atoms with Crippen LogP contribution >= 0.6 is 0 Å². The summed E-state index contributed by atoms with van der Waals surface area (Å²) in [4.78, 5) is 2.35. The van der Waals surface area contributed by atoms with E-state index in [2.05, 4.69) is 25.9 Å². The van der Waals surface area contributed by atoms with E-state index in [1.165, 1.54) is 64.2 Å². The Bertz CT molecular complexity index is 217. The summed E-state index contributed by atoms with van der Waals surface area (Å²) in [6, 6.07) is 0.585. The third-order valence-corrected chi connectivity index (χ3v) is 4.79. The van der Waals surface area contributed by atoms with Crippen LogP contribution in [-0.2, 0) is 0 Å². The topological polar surface area (TPSA) is 23.5 Å². The molecule has 0 heterocycles. The fourth-order valence-electron chi connectivity index (χ4n) is 3.58. The molecule has 1 rings (SSSR count). The van der Waals surface area contributed by atoms with Gasteiger partial charge in [0, 0.05) is 12.0 Å². The Morgan fingerprint density at radius 2 is 1.63 bits per heavy atom. The van der Waals surface area contributed by atoms with Gasteiger partial charge in [-0.2, -0.15) is 0 Å². The minimum atomic E-state index is -0.0544. The molecule has 19 heavy (non-hydrogen) atoms. The summed E-state index contributed by atoms with van der Waals surface area (Å²) in [5.41, 5.74) is 0. The molecular weight excluding hydrogens is 234 g/mol. The number of hydrogen-bond acceptors (Lipinski definition) is 2. The normalized spacial score (nSPS) is 25.7. The van der Waals surface area contributed by atoms with Crippen molar-refractivity contribution in [2.24, 2.45) is 5.92 Å². The Hall–Kier alpha value is -0.0800. The van der Waals surface area contributed by atoms with Crippen LogP contribution in [0.5, 0.6) is 0 Å². The van der Waals surface area contributed by atoms with Gasteiger partial charge in [0.25, 0.3) is 0 Å². The molecule has 0 radical (unpaired) electrons. The third-order valence-electron chi connectivity index (χ3n) is 4.79. The van der Waals surface area contributed by atoms with E-state index in [9.17, 15) is 5.11 Å². The summed E-state index contributed by atoms with van der Waals surface area (Å²) >= 11 is 0. The molecule has 1 N–H and O–H groups in total. The van der Waals surface area contributed by atoms with Crippen LogP contribution in [0.15, 0.2) is 0 Å². The van der Waals surface area contributed by atoms with Gasteiger partial charge in [-0.25, -0.2) is 0 Å². The monoisotopic (exact) mass is 269 g/mol. The molecular formula is C17H35NO. The van der Waals surface area contributed by atoms with Crippen molar-refractivity contribution in [1.29, 1.82) is 0 Å². The summed E-state index contributed by atoms with van der Waals surface area (Å²) in [6.45, 7) is 2.27. The lowest BCUT2D eigenvalue weighted by Crippen LogP contribution is -2.42. The molecule has 114 valence electrons. The summed E-state index contributed by atoms with van der Waals surface area (Å²) in [7, 11) is 4.37. The van der Waals surface area contributed by atoms with Crippen molar-refractivity contribution in [3.63, 3.8) is 0 Å². The second-order valence-electron chi connectivity index (χ2n) is 6.60. The van der Waals surface area contributed by atoms with E-state index in [1.54, 1.807) is 0 Å². The predicted octanol–water partition coefficient (Wildman–Crippen LogP) is 4.22. The SMILES string of the molecule is CCCCCCCCC(C1CCCCC1O)N(C)C. The number of hydrogen-bond donors (Lipinski definition) is 1. The Morgan fingerprint density at radius 1 is 1.00 bits per heavy atom. The lowest BCUT2D eigenvalue weighted by Gasteiger charge is -2.38. The highest BCUT2D eigenvalue weighted by Gasteiger charge is 2.31. The van der Waals surface area contributed by atoms with Crippen LogP contribution in [0.4, 0.5) is 0 Å². The van der Waals surface area contributed by atoms with Crippen LogP contribution in [0.1, 0.15) is 77.6 Å². The molecule has 1 aliphatic carbocycles. The highest BCUT2D eigenvalue weighted by Crippen LogP contribution is 2.31. The zero-order valence-electron chi connectivity index (χ0n) is 13.4.